The van der Waals surface area contributed by atoms with E-state index in [1.165, 1.54) is 11.1 Å². The molecule has 98 valence electrons. The Bertz CT molecular complexity index is 421. The minimum Gasteiger partial charge on any atom is -0.372 e. The van der Waals surface area contributed by atoms with Crippen molar-refractivity contribution < 1.29 is 9.26 Å². The minimum absolute atomic E-state index is 0.148. The average Bonchev–Trinajstić information content (AvgIpc) is 2.86. The second-order valence-electron chi connectivity index (χ2n) is 4.44. The third kappa shape index (κ3) is 3.09. The molecule has 1 aromatic rings. The zero-order valence-corrected chi connectivity index (χ0v) is 11.0. The Morgan fingerprint density at radius 2 is 2.44 bits per heavy atom. The largest absolute Gasteiger partial charge is 0.372 e. The third-order valence-corrected chi connectivity index (χ3v) is 3.11. The van der Waals surface area contributed by atoms with E-state index in [9.17, 15) is 0 Å². The van der Waals surface area contributed by atoms with Crippen LogP contribution in [0.25, 0.3) is 0 Å². The topological polar surface area (TPSA) is 47.3 Å². The maximum Gasteiger partial charge on any atom is 0.127 e. The van der Waals surface area contributed by atoms with E-state index in [4.69, 9.17) is 9.26 Å². The SMILES string of the molecule is C/C=C\C1=C(Cc2cnoc2)CCOC1CNC. The van der Waals surface area contributed by atoms with Gasteiger partial charge in [-0.1, -0.05) is 22.9 Å². The summed E-state index contributed by atoms with van der Waals surface area (Å²) in [5.74, 6) is 0. The van der Waals surface area contributed by atoms with Gasteiger partial charge in [-0.15, -0.1) is 0 Å². The van der Waals surface area contributed by atoms with Crippen molar-refractivity contribution in [3.63, 3.8) is 0 Å². The highest BCUT2D eigenvalue weighted by Gasteiger charge is 2.21. The molecule has 1 unspecified atom stereocenters. The fourth-order valence-electron chi connectivity index (χ4n) is 2.30. The van der Waals surface area contributed by atoms with Crippen LogP contribution in [-0.4, -0.2) is 31.5 Å². The Morgan fingerprint density at radius 1 is 1.56 bits per heavy atom. The summed E-state index contributed by atoms with van der Waals surface area (Å²) < 4.78 is 10.7. The van der Waals surface area contributed by atoms with Crippen molar-refractivity contribution in [2.45, 2.75) is 25.9 Å². The van der Waals surface area contributed by atoms with Crippen LogP contribution in [0.2, 0.25) is 0 Å². The number of nitrogens with one attached hydrogen (secondary N) is 1. The van der Waals surface area contributed by atoms with E-state index in [0.717, 1.165) is 31.6 Å². The quantitative estimate of drug-likeness (QED) is 0.867. The maximum absolute atomic E-state index is 5.82. The molecule has 0 spiro atoms. The lowest BCUT2D eigenvalue weighted by Gasteiger charge is -2.27. The van der Waals surface area contributed by atoms with E-state index in [0.29, 0.717) is 0 Å². The fourth-order valence-corrected chi connectivity index (χ4v) is 2.30. The second-order valence-corrected chi connectivity index (χ2v) is 4.44. The van der Waals surface area contributed by atoms with Gasteiger partial charge in [0, 0.05) is 12.1 Å². The summed E-state index contributed by atoms with van der Waals surface area (Å²) in [6.45, 7) is 3.66. The first-order valence-corrected chi connectivity index (χ1v) is 6.34. The molecule has 2 heterocycles. The summed E-state index contributed by atoms with van der Waals surface area (Å²) in [6, 6.07) is 0. The highest BCUT2D eigenvalue weighted by molar-refractivity contribution is 5.34. The van der Waals surface area contributed by atoms with Crippen LogP contribution >= 0.6 is 0 Å². The summed E-state index contributed by atoms with van der Waals surface area (Å²) in [4.78, 5) is 0. The first-order valence-electron chi connectivity index (χ1n) is 6.34. The van der Waals surface area contributed by atoms with Crippen molar-refractivity contribution in [1.82, 2.24) is 10.5 Å². The van der Waals surface area contributed by atoms with Crippen LogP contribution in [0.1, 0.15) is 18.9 Å². The van der Waals surface area contributed by atoms with Crippen LogP contribution in [0.4, 0.5) is 0 Å². The van der Waals surface area contributed by atoms with Gasteiger partial charge in [0.1, 0.15) is 6.26 Å². The molecule has 4 heteroatoms. The average molecular weight is 248 g/mol. The zero-order valence-electron chi connectivity index (χ0n) is 11.0. The van der Waals surface area contributed by atoms with Crippen molar-refractivity contribution in [1.29, 1.82) is 0 Å². The van der Waals surface area contributed by atoms with Crippen molar-refractivity contribution in [2.75, 3.05) is 20.2 Å². The number of aromatic nitrogens is 1. The maximum atomic E-state index is 5.82. The fraction of sp³-hybridized carbons (Fsp3) is 0.500. The van der Waals surface area contributed by atoms with Gasteiger partial charge in [-0.3, -0.25) is 0 Å². The Kier molecular flexibility index (Phi) is 4.73. The summed E-state index contributed by atoms with van der Waals surface area (Å²) in [5.41, 5.74) is 3.83. The third-order valence-electron chi connectivity index (χ3n) is 3.11. The van der Waals surface area contributed by atoms with Crippen LogP contribution in [0.5, 0.6) is 0 Å². The first-order chi connectivity index (χ1) is 8.85. The van der Waals surface area contributed by atoms with E-state index in [2.05, 4.69) is 22.6 Å². The molecular formula is C14H20N2O2. The molecule has 0 aliphatic carbocycles. The second kappa shape index (κ2) is 6.52. The molecule has 0 fully saturated rings. The Morgan fingerprint density at radius 3 is 3.11 bits per heavy atom. The van der Waals surface area contributed by atoms with Gasteiger partial charge in [0.2, 0.25) is 0 Å². The summed E-state index contributed by atoms with van der Waals surface area (Å²) in [7, 11) is 1.95. The van der Waals surface area contributed by atoms with Gasteiger partial charge < -0.3 is 14.6 Å². The molecule has 0 saturated heterocycles. The molecule has 1 aromatic heterocycles. The number of hydrogen-bond donors (Lipinski definition) is 1. The van der Waals surface area contributed by atoms with Crippen LogP contribution in [0, 0.1) is 0 Å². The van der Waals surface area contributed by atoms with E-state index in [1.807, 2.05) is 14.0 Å². The molecule has 0 amide bonds. The Hall–Kier alpha value is -1.39. The molecule has 18 heavy (non-hydrogen) atoms. The van der Waals surface area contributed by atoms with Crippen LogP contribution < -0.4 is 5.32 Å². The first kappa shape index (κ1) is 13.1. The van der Waals surface area contributed by atoms with Gasteiger partial charge >= 0.3 is 0 Å². The van der Waals surface area contributed by atoms with Crippen LogP contribution in [-0.2, 0) is 11.2 Å². The van der Waals surface area contributed by atoms with Crippen molar-refractivity contribution >= 4 is 0 Å². The van der Waals surface area contributed by atoms with E-state index in [1.54, 1.807) is 12.5 Å². The number of likely N-dealkylation sites (N-methyl/N-ethyl adjacent to an activating group) is 1. The molecule has 1 aliphatic heterocycles. The Balaban J connectivity index is 2.22. The predicted molar refractivity (Wildman–Crippen MR) is 70.3 cm³/mol. The lowest BCUT2D eigenvalue weighted by molar-refractivity contribution is 0.0706. The molecule has 4 nitrogen and oxygen atoms in total. The molecule has 0 saturated carbocycles. The van der Waals surface area contributed by atoms with E-state index in [-0.39, 0.29) is 6.10 Å². The number of allylic oxidation sites excluding steroid dienone is 1. The van der Waals surface area contributed by atoms with E-state index < -0.39 is 0 Å². The standard InChI is InChI=1S/C14H20N2O2/c1-3-4-13-12(7-11-8-16-18-10-11)5-6-17-14(13)9-15-2/h3-4,8,10,14-15H,5-7,9H2,1-2H3/b4-3-. The molecular weight excluding hydrogens is 228 g/mol. The lowest BCUT2D eigenvalue weighted by Crippen LogP contribution is -2.32. The Labute approximate surface area is 108 Å². The monoisotopic (exact) mass is 248 g/mol. The molecule has 1 atom stereocenters. The highest BCUT2D eigenvalue weighted by Crippen LogP contribution is 2.25. The molecule has 0 aromatic carbocycles. The van der Waals surface area contributed by atoms with Crippen molar-refractivity contribution in [3.8, 4) is 0 Å². The number of nitrogens with zero attached hydrogens (tertiary/aromatic N) is 1. The molecule has 1 aliphatic rings. The van der Waals surface area contributed by atoms with Gasteiger partial charge in [-0.05, 0) is 32.4 Å². The van der Waals surface area contributed by atoms with E-state index >= 15 is 0 Å². The number of hydrogen-bond acceptors (Lipinski definition) is 4. The normalized spacial score (nSPS) is 20.9. The minimum atomic E-state index is 0.148. The van der Waals surface area contributed by atoms with Gasteiger partial charge in [-0.2, -0.15) is 0 Å². The molecule has 0 radical (unpaired) electrons. The number of ether oxygens (including phenoxy) is 1. The summed E-state index contributed by atoms with van der Waals surface area (Å²) >= 11 is 0. The van der Waals surface area contributed by atoms with Crippen LogP contribution in [0.15, 0.2) is 40.3 Å². The highest BCUT2D eigenvalue weighted by atomic mass is 16.5. The predicted octanol–water partition coefficient (Wildman–Crippen LogP) is 2.10. The van der Waals surface area contributed by atoms with Crippen molar-refractivity contribution in [2.24, 2.45) is 0 Å². The molecule has 1 N–H and O–H groups in total. The summed E-state index contributed by atoms with van der Waals surface area (Å²) in [6.07, 6.45) is 9.74. The lowest BCUT2D eigenvalue weighted by atomic mass is 9.93. The van der Waals surface area contributed by atoms with Crippen LogP contribution in [0.3, 0.4) is 0 Å². The van der Waals surface area contributed by atoms with Gasteiger partial charge in [0.15, 0.2) is 0 Å². The molecule has 0 bridgehead atoms. The summed E-state index contributed by atoms with van der Waals surface area (Å²) in [5, 5.41) is 6.94. The van der Waals surface area contributed by atoms with Crippen molar-refractivity contribution in [3.05, 3.63) is 41.3 Å². The zero-order chi connectivity index (χ0) is 12.8. The van der Waals surface area contributed by atoms with Gasteiger partial charge in [0.25, 0.3) is 0 Å². The number of rotatable bonds is 5. The molecule has 2 rings (SSSR count). The van der Waals surface area contributed by atoms with Gasteiger partial charge in [0.05, 0.1) is 18.9 Å². The smallest absolute Gasteiger partial charge is 0.127 e. The van der Waals surface area contributed by atoms with Gasteiger partial charge in [-0.25, -0.2) is 0 Å².